The van der Waals surface area contributed by atoms with Crippen molar-refractivity contribution in [2.45, 2.75) is 17.2 Å². The first-order valence-corrected chi connectivity index (χ1v) is 10.8. The first-order valence-electron chi connectivity index (χ1n) is 9.17. The second-order valence-corrected chi connectivity index (χ2v) is 8.67. The second kappa shape index (κ2) is 9.04. The zero-order valence-electron chi connectivity index (χ0n) is 17.0. The highest BCUT2D eigenvalue weighted by Gasteiger charge is 2.21. The monoisotopic (exact) mass is 429 g/mol. The molecule has 0 saturated heterocycles. The molecule has 158 valence electrons. The minimum Gasteiger partial charge on any atom is -0.497 e. The number of benzene rings is 2. The number of carbonyl (C=O) groups excluding carboxylic acids is 1. The molecule has 2 aromatic carbocycles. The molecule has 0 N–H and O–H groups in total. The van der Waals surface area contributed by atoms with Crippen LogP contribution in [-0.2, 0) is 22.1 Å². The number of methoxy groups -OCH3 is 2. The van der Waals surface area contributed by atoms with Crippen LogP contribution in [0.2, 0.25) is 0 Å². The Morgan fingerprint density at radius 2 is 1.73 bits per heavy atom. The summed E-state index contributed by atoms with van der Waals surface area (Å²) in [6.07, 6.45) is 0. The van der Waals surface area contributed by atoms with Crippen LogP contribution in [0.1, 0.15) is 21.9 Å². The fraction of sp³-hybridized carbons (Fsp3) is 0.227. The lowest BCUT2D eigenvalue weighted by molar-refractivity contribution is 0.0751. The molecule has 0 saturated carbocycles. The largest absolute Gasteiger partial charge is 0.497 e. The summed E-state index contributed by atoms with van der Waals surface area (Å²) in [6.45, 7) is 0.282. The molecule has 0 spiro atoms. The average Bonchev–Trinajstić information content (AvgIpc) is 3.21. The van der Waals surface area contributed by atoms with Crippen LogP contribution < -0.4 is 9.47 Å². The Bertz CT molecular complexity index is 1120. The SMILES string of the molecule is COc1ccc(CN(C)C(=O)c2ccc(CS(=O)(=O)c3ccccc3)o2)c(OC)c1. The number of rotatable bonds is 8. The predicted molar refractivity (Wildman–Crippen MR) is 111 cm³/mol. The number of amides is 1. The average molecular weight is 429 g/mol. The molecular formula is C22H23NO6S. The molecule has 0 atom stereocenters. The van der Waals surface area contributed by atoms with Crippen LogP contribution in [0.5, 0.6) is 11.5 Å². The Hall–Kier alpha value is -3.26. The summed E-state index contributed by atoms with van der Waals surface area (Å²) in [5.74, 6) is 0.848. The number of nitrogens with zero attached hydrogens (tertiary/aromatic N) is 1. The molecule has 3 rings (SSSR count). The third-order valence-electron chi connectivity index (χ3n) is 4.56. The van der Waals surface area contributed by atoms with Gasteiger partial charge in [-0.3, -0.25) is 4.79 Å². The summed E-state index contributed by atoms with van der Waals surface area (Å²) in [5, 5.41) is 0. The van der Waals surface area contributed by atoms with Gasteiger partial charge in [-0.15, -0.1) is 0 Å². The van der Waals surface area contributed by atoms with Gasteiger partial charge < -0.3 is 18.8 Å². The van der Waals surface area contributed by atoms with E-state index in [4.69, 9.17) is 13.9 Å². The molecule has 0 radical (unpaired) electrons. The zero-order valence-corrected chi connectivity index (χ0v) is 17.8. The van der Waals surface area contributed by atoms with Crippen molar-refractivity contribution in [3.8, 4) is 11.5 Å². The van der Waals surface area contributed by atoms with Gasteiger partial charge in [-0.1, -0.05) is 18.2 Å². The summed E-state index contributed by atoms with van der Waals surface area (Å²) in [5.41, 5.74) is 0.799. The number of furan rings is 1. The Morgan fingerprint density at radius 1 is 1.00 bits per heavy atom. The van der Waals surface area contributed by atoms with Crippen molar-refractivity contribution in [2.24, 2.45) is 0 Å². The lowest BCUT2D eigenvalue weighted by atomic mass is 10.1. The minimum atomic E-state index is -3.56. The van der Waals surface area contributed by atoms with Crippen molar-refractivity contribution in [1.29, 1.82) is 0 Å². The van der Waals surface area contributed by atoms with Crippen molar-refractivity contribution in [1.82, 2.24) is 4.90 Å². The molecule has 0 fully saturated rings. The van der Waals surface area contributed by atoms with E-state index in [0.717, 1.165) is 5.56 Å². The molecular weight excluding hydrogens is 406 g/mol. The van der Waals surface area contributed by atoms with Crippen LogP contribution in [0, 0.1) is 0 Å². The van der Waals surface area contributed by atoms with Crippen molar-refractivity contribution in [3.05, 3.63) is 77.7 Å². The lowest BCUT2D eigenvalue weighted by Crippen LogP contribution is -2.26. The number of hydrogen-bond acceptors (Lipinski definition) is 6. The van der Waals surface area contributed by atoms with E-state index in [1.54, 1.807) is 51.6 Å². The Morgan fingerprint density at radius 3 is 2.40 bits per heavy atom. The molecule has 0 aliphatic carbocycles. The number of ether oxygens (including phenoxy) is 2. The summed E-state index contributed by atoms with van der Waals surface area (Å²) in [7, 11) is 1.19. The van der Waals surface area contributed by atoms with Gasteiger partial charge in [0, 0.05) is 25.2 Å². The normalized spacial score (nSPS) is 11.2. The topological polar surface area (TPSA) is 86.0 Å². The minimum absolute atomic E-state index is 0.0724. The molecule has 0 aliphatic rings. The molecule has 7 nitrogen and oxygen atoms in total. The summed E-state index contributed by atoms with van der Waals surface area (Å²) < 4.78 is 41.1. The maximum absolute atomic E-state index is 12.7. The van der Waals surface area contributed by atoms with Crippen molar-refractivity contribution >= 4 is 15.7 Å². The van der Waals surface area contributed by atoms with Crippen LogP contribution >= 0.6 is 0 Å². The predicted octanol–water partition coefficient (Wildman–Crippen LogP) is 3.54. The van der Waals surface area contributed by atoms with E-state index in [-0.39, 0.29) is 34.6 Å². The molecule has 1 heterocycles. The van der Waals surface area contributed by atoms with Crippen LogP contribution in [0.3, 0.4) is 0 Å². The van der Waals surface area contributed by atoms with Gasteiger partial charge in [-0.25, -0.2) is 8.42 Å². The zero-order chi connectivity index (χ0) is 21.7. The third-order valence-corrected chi connectivity index (χ3v) is 6.21. The van der Waals surface area contributed by atoms with Crippen molar-refractivity contribution in [2.75, 3.05) is 21.3 Å². The highest BCUT2D eigenvalue weighted by Crippen LogP contribution is 2.26. The molecule has 0 aliphatic heterocycles. The molecule has 3 aromatic rings. The quantitative estimate of drug-likeness (QED) is 0.544. The van der Waals surface area contributed by atoms with E-state index in [1.165, 1.54) is 29.2 Å². The molecule has 1 aromatic heterocycles. The number of sulfone groups is 1. The fourth-order valence-electron chi connectivity index (χ4n) is 2.97. The van der Waals surface area contributed by atoms with Crippen molar-refractivity contribution < 1.29 is 27.1 Å². The van der Waals surface area contributed by atoms with E-state index in [2.05, 4.69) is 0 Å². The van der Waals surface area contributed by atoms with Gasteiger partial charge in [0.05, 0.1) is 19.1 Å². The van der Waals surface area contributed by atoms with E-state index >= 15 is 0 Å². The summed E-state index contributed by atoms with van der Waals surface area (Å²) in [6, 6.07) is 16.5. The van der Waals surface area contributed by atoms with E-state index < -0.39 is 9.84 Å². The standard InChI is InChI=1S/C22H23NO6S/c1-23(14-16-9-10-17(27-2)13-21(16)28-3)22(24)20-12-11-18(29-20)15-30(25,26)19-7-5-4-6-8-19/h4-13H,14-15H2,1-3H3. The van der Waals surface area contributed by atoms with Gasteiger partial charge >= 0.3 is 0 Å². The van der Waals surface area contributed by atoms with Crippen molar-refractivity contribution in [3.63, 3.8) is 0 Å². The van der Waals surface area contributed by atoms with E-state index in [0.29, 0.717) is 11.5 Å². The maximum Gasteiger partial charge on any atom is 0.289 e. The second-order valence-electron chi connectivity index (χ2n) is 6.68. The van der Waals surface area contributed by atoms with Gasteiger partial charge in [0.15, 0.2) is 15.6 Å². The molecule has 30 heavy (non-hydrogen) atoms. The highest BCUT2D eigenvalue weighted by molar-refractivity contribution is 7.90. The Kier molecular flexibility index (Phi) is 6.47. The van der Waals surface area contributed by atoms with Crippen LogP contribution in [0.25, 0.3) is 0 Å². The van der Waals surface area contributed by atoms with Gasteiger partial charge in [-0.2, -0.15) is 0 Å². The van der Waals surface area contributed by atoms with Crippen LogP contribution in [0.15, 0.2) is 70.0 Å². The van der Waals surface area contributed by atoms with Gasteiger partial charge in [0.1, 0.15) is 23.0 Å². The summed E-state index contributed by atoms with van der Waals surface area (Å²) in [4.78, 5) is 14.4. The van der Waals surface area contributed by atoms with Gasteiger partial charge in [-0.05, 0) is 36.4 Å². The highest BCUT2D eigenvalue weighted by atomic mass is 32.2. The number of carbonyl (C=O) groups is 1. The van der Waals surface area contributed by atoms with Gasteiger partial charge in [0.25, 0.3) is 5.91 Å². The molecule has 0 bridgehead atoms. The van der Waals surface area contributed by atoms with Crippen LogP contribution in [-0.4, -0.2) is 40.5 Å². The third kappa shape index (κ3) is 4.83. The first-order chi connectivity index (χ1) is 14.3. The first kappa shape index (κ1) is 21.4. The molecule has 0 unspecified atom stereocenters. The Balaban J connectivity index is 1.72. The van der Waals surface area contributed by atoms with E-state index in [9.17, 15) is 13.2 Å². The van der Waals surface area contributed by atoms with E-state index in [1.807, 2.05) is 6.07 Å². The lowest BCUT2D eigenvalue weighted by Gasteiger charge is -2.18. The molecule has 8 heteroatoms. The maximum atomic E-state index is 12.7. The smallest absolute Gasteiger partial charge is 0.289 e. The fourth-order valence-corrected chi connectivity index (χ4v) is 4.23. The summed E-state index contributed by atoms with van der Waals surface area (Å²) >= 11 is 0. The Labute approximate surface area is 175 Å². The number of hydrogen-bond donors (Lipinski definition) is 0. The van der Waals surface area contributed by atoms with Crippen LogP contribution in [0.4, 0.5) is 0 Å². The molecule has 1 amide bonds. The van der Waals surface area contributed by atoms with Gasteiger partial charge in [0.2, 0.25) is 0 Å².